The van der Waals surface area contributed by atoms with E-state index in [4.69, 9.17) is 5.84 Å². The summed E-state index contributed by atoms with van der Waals surface area (Å²) in [5.74, 6) is 5.81. The molecule has 0 saturated heterocycles. The molecule has 1 atom stereocenters. The van der Waals surface area contributed by atoms with Crippen molar-refractivity contribution in [3.8, 4) is 0 Å². The Hall–Kier alpha value is -1.68. The first-order valence-electron chi connectivity index (χ1n) is 6.90. The molecule has 0 spiro atoms. The zero-order chi connectivity index (χ0) is 14.8. The summed E-state index contributed by atoms with van der Waals surface area (Å²) in [6.45, 7) is 2.08. The van der Waals surface area contributed by atoms with Crippen LogP contribution in [0.3, 0.4) is 0 Å². The molecule has 0 bridgehead atoms. The van der Waals surface area contributed by atoms with Crippen LogP contribution in [0.15, 0.2) is 65.1 Å². The van der Waals surface area contributed by atoms with Gasteiger partial charge < -0.3 is 0 Å². The molecular formula is C18H17BrN2. The standard InChI is InChI=1S/C18H17BrN2/c1-12-10-15(8-9-17(12)19)18(21-20)16-7-6-13-4-2-3-5-14(13)11-16/h2-11,18,21H,20H2,1H3. The van der Waals surface area contributed by atoms with Gasteiger partial charge in [0.25, 0.3) is 0 Å². The molecule has 3 N–H and O–H groups in total. The van der Waals surface area contributed by atoms with Gasteiger partial charge in [0.15, 0.2) is 0 Å². The highest BCUT2D eigenvalue weighted by atomic mass is 79.9. The van der Waals surface area contributed by atoms with E-state index in [9.17, 15) is 0 Å². The summed E-state index contributed by atoms with van der Waals surface area (Å²) in [6.07, 6.45) is 0. The maximum Gasteiger partial charge on any atom is 0.0710 e. The zero-order valence-electron chi connectivity index (χ0n) is 11.8. The number of aryl methyl sites for hydroxylation is 1. The number of nitrogens with one attached hydrogen (secondary N) is 1. The molecule has 0 radical (unpaired) electrons. The summed E-state index contributed by atoms with van der Waals surface area (Å²) in [5, 5.41) is 2.47. The molecule has 106 valence electrons. The molecule has 21 heavy (non-hydrogen) atoms. The normalized spacial score (nSPS) is 12.5. The molecule has 1 unspecified atom stereocenters. The van der Waals surface area contributed by atoms with E-state index in [0.29, 0.717) is 0 Å². The van der Waals surface area contributed by atoms with Crippen LogP contribution in [0.5, 0.6) is 0 Å². The number of hydrazine groups is 1. The van der Waals surface area contributed by atoms with E-state index in [1.54, 1.807) is 0 Å². The lowest BCUT2D eigenvalue weighted by Crippen LogP contribution is -2.28. The van der Waals surface area contributed by atoms with Gasteiger partial charge >= 0.3 is 0 Å². The van der Waals surface area contributed by atoms with Gasteiger partial charge in [-0.3, -0.25) is 5.84 Å². The van der Waals surface area contributed by atoms with Crippen molar-refractivity contribution in [2.75, 3.05) is 0 Å². The van der Waals surface area contributed by atoms with Crippen LogP contribution in [0.4, 0.5) is 0 Å². The molecule has 0 aliphatic rings. The molecule has 0 fully saturated rings. The number of benzene rings is 3. The molecule has 3 rings (SSSR count). The highest BCUT2D eigenvalue weighted by Gasteiger charge is 2.13. The van der Waals surface area contributed by atoms with Crippen LogP contribution in [-0.4, -0.2) is 0 Å². The van der Waals surface area contributed by atoms with Crippen molar-refractivity contribution in [3.63, 3.8) is 0 Å². The molecule has 3 aromatic rings. The van der Waals surface area contributed by atoms with Gasteiger partial charge in [0.05, 0.1) is 6.04 Å². The molecular weight excluding hydrogens is 324 g/mol. The summed E-state index contributed by atoms with van der Waals surface area (Å²) < 4.78 is 1.11. The minimum Gasteiger partial charge on any atom is -0.271 e. The maximum atomic E-state index is 5.81. The first-order chi connectivity index (χ1) is 10.2. The highest BCUT2D eigenvalue weighted by molar-refractivity contribution is 9.10. The van der Waals surface area contributed by atoms with Gasteiger partial charge in [0.1, 0.15) is 0 Å². The van der Waals surface area contributed by atoms with Gasteiger partial charge in [-0.15, -0.1) is 0 Å². The van der Waals surface area contributed by atoms with Crippen molar-refractivity contribution >= 4 is 26.7 Å². The quantitative estimate of drug-likeness (QED) is 0.545. The van der Waals surface area contributed by atoms with Crippen molar-refractivity contribution in [1.29, 1.82) is 0 Å². The Balaban J connectivity index is 2.06. The second-order valence-electron chi connectivity index (χ2n) is 5.21. The number of fused-ring (bicyclic) bond motifs is 1. The fourth-order valence-electron chi connectivity index (χ4n) is 2.62. The fraction of sp³-hybridized carbons (Fsp3) is 0.111. The number of halogens is 1. The Morgan fingerprint density at radius 2 is 1.57 bits per heavy atom. The number of rotatable bonds is 3. The molecule has 2 nitrogen and oxygen atoms in total. The van der Waals surface area contributed by atoms with Crippen molar-refractivity contribution in [2.45, 2.75) is 13.0 Å². The van der Waals surface area contributed by atoms with Crippen molar-refractivity contribution in [2.24, 2.45) is 5.84 Å². The number of hydrogen-bond acceptors (Lipinski definition) is 2. The third kappa shape index (κ3) is 2.86. The van der Waals surface area contributed by atoms with E-state index < -0.39 is 0 Å². The van der Waals surface area contributed by atoms with E-state index in [0.717, 1.165) is 15.6 Å². The average Bonchev–Trinajstić information content (AvgIpc) is 2.51. The summed E-state index contributed by atoms with van der Waals surface area (Å²) in [5.41, 5.74) is 6.46. The monoisotopic (exact) mass is 340 g/mol. The Morgan fingerprint density at radius 1 is 0.905 bits per heavy atom. The van der Waals surface area contributed by atoms with Gasteiger partial charge in [-0.2, -0.15) is 0 Å². The Morgan fingerprint density at radius 3 is 2.29 bits per heavy atom. The number of hydrogen-bond donors (Lipinski definition) is 2. The smallest absolute Gasteiger partial charge is 0.0710 e. The second-order valence-corrected chi connectivity index (χ2v) is 6.07. The topological polar surface area (TPSA) is 38.0 Å². The van der Waals surface area contributed by atoms with Crippen molar-refractivity contribution in [3.05, 3.63) is 81.8 Å². The van der Waals surface area contributed by atoms with Gasteiger partial charge in [-0.05, 0) is 46.5 Å². The summed E-state index contributed by atoms with van der Waals surface area (Å²) >= 11 is 3.54. The van der Waals surface area contributed by atoms with E-state index >= 15 is 0 Å². The van der Waals surface area contributed by atoms with E-state index in [1.807, 2.05) is 0 Å². The lowest BCUT2D eigenvalue weighted by molar-refractivity contribution is 0.637. The Labute approximate surface area is 133 Å². The molecule has 3 aromatic carbocycles. The predicted octanol–water partition coefficient (Wildman–Crippen LogP) is 4.46. The highest BCUT2D eigenvalue weighted by Crippen LogP contribution is 2.27. The summed E-state index contributed by atoms with van der Waals surface area (Å²) in [4.78, 5) is 0. The Bertz CT molecular complexity index is 783. The van der Waals surface area contributed by atoms with Gasteiger partial charge in [0.2, 0.25) is 0 Å². The molecule has 0 aromatic heterocycles. The Kier molecular flexibility index (Phi) is 4.06. The maximum absolute atomic E-state index is 5.81. The van der Waals surface area contributed by atoms with Crippen molar-refractivity contribution in [1.82, 2.24) is 5.43 Å². The van der Waals surface area contributed by atoms with Gasteiger partial charge in [-0.1, -0.05) is 64.5 Å². The minimum absolute atomic E-state index is 0.0126. The van der Waals surface area contributed by atoms with Crippen LogP contribution in [0, 0.1) is 6.92 Å². The van der Waals surface area contributed by atoms with Crippen LogP contribution >= 0.6 is 15.9 Å². The summed E-state index contributed by atoms with van der Waals surface area (Å²) in [7, 11) is 0. The lowest BCUT2D eigenvalue weighted by Gasteiger charge is -2.18. The predicted molar refractivity (Wildman–Crippen MR) is 92.0 cm³/mol. The second kappa shape index (κ2) is 5.98. The fourth-order valence-corrected chi connectivity index (χ4v) is 2.87. The van der Waals surface area contributed by atoms with Gasteiger partial charge in [-0.25, -0.2) is 5.43 Å². The minimum atomic E-state index is -0.0126. The van der Waals surface area contributed by atoms with Crippen LogP contribution in [-0.2, 0) is 0 Å². The van der Waals surface area contributed by atoms with Crippen LogP contribution in [0.1, 0.15) is 22.7 Å². The van der Waals surface area contributed by atoms with Crippen LogP contribution < -0.4 is 11.3 Å². The third-order valence-corrected chi connectivity index (χ3v) is 4.68. The van der Waals surface area contributed by atoms with Crippen molar-refractivity contribution < 1.29 is 0 Å². The van der Waals surface area contributed by atoms with E-state index in [-0.39, 0.29) is 6.04 Å². The first kappa shape index (κ1) is 14.3. The van der Waals surface area contributed by atoms with Gasteiger partial charge in [0, 0.05) is 4.47 Å². The first-order valence-corrected chi connectivity index (χ1v) is 7.69. The van der Waals surface area contributed by atoms with Crippen LogP contribution in [0.25, 0.3) is 10.8 Å². The SMILES string of the molecule is Cc1cc(C(NN)c2ccc3ccccc3c2)ccc1Br. The lowest BCUT2D eigenvalue weighted by atomic mass is 9.96. The molecule has 3 heteroatoms. The largest absolute Gasteiger partial charge is 0.271 e. The molecule has 0 amide bonds. The summed E-state index contributed by atoms with van der Waals surface area (Å²) in [6, 6.07) is 21.1. The average molecular weight is 341 g/mol. The van der Waals surface area contributed by atoms with Crippen LogP contribution in [0.2, 0.25) is 0 Å². The van der Waals surface area contributed by atoms with E-state index in [2.05, 4.69) is 88.9 Å². The van der Waals surface area contributed by atoms with E-state index in [1.165, 1.54) is 16.3 Å². The molecule has 0 aliphatic heterocycles. The molecule has 0 heterocycles. The molecule has 0 saturated carbocycles. The number of nitrogens with two attached hydrogens (primary N) is 1. The third-order valence-electron chi connectivity index (χ3n) is 3.79. The molecule has 0 aliphatic carbocycles. The zero-order valence-corrected chi connectivity index (χ0v) is 13.4.